The number of amides is 1. The fourth-order valence-electron chi connectivity index (χ4n) is 2.48. The Morgan fingerprint density at radius 3 is 2.27 bits per heavy atom. The Balaban J connectivity index is 0.00000441. The van der Waals surface area contributed by atoms with E-state index in [9.17, 15) is 4.79 Å². The van der Waals surface area contributed by atoms with Crippen molar-refractivity contribution in [3.05, 3.63) is 0 Å². The van der Waals surface area contributed by atoms with Crippen LogP contribution in [0.3, 0.4) is 0 Å². The molecular weight excluding hydrogens is 393 g/mol. The van der Waals surface area contributed by atoms with Gasteiger partial charge in [-0.1, -0.05) is 0 Å². The Hall–Kier alpha value is -0.570. The first-order chi connectivity index (χ1) is 10.1. The van der Waals surface area contributed by atoms with E-state index in [0.717, 1.165) is 38.4 Å². The number of aliphatic imine (C=N–C) groups is 1. The number of piperidine rings is 1. The minimum absolute atomic E-state index is 0. The van der Waals surface area contributed by atoms with Gasteiger partial charge in [0.15, 0.2) is 5.96 Å². The molecule has 1 heterocycles. The highest BCUT2D eigenvalue weighted by Crippen LogP contribution is 2.12. The van der Waals surface area contributed by atoms with Crippen molar-refractivity contribution in [2.75, 3.05) is 32.7 Å². The molecule has 7 heteroatoms. The zero-order chi connectivity index (χ0) is 15.7. The molecule has 1 saturated heterocycles. The fraction of sp³-hybridized carbons (Fsp3) is 0.867. The molecule has 0 aromatic rings. The van der Waals surface area contributed by atoms with Crippen LogP contribution in [0.1, 0.15) is 40.5 Å². The van der Waals surface area contributed by atoms with Crippen LogP contribution in [0.5, 0.6) is 0 Å². The largest absolute Gasteiger partial charge is 0.357 e. The van der Waals surface area contributed by atoms with Crippen LogP contribution in [0, 0.1) is 0 Å². The molecule has 0 bridgehead atoms. The summed E-state index contributed by atoms with van der Waals surface area (Å²) < 4.78 is 0. The number of likely N-dealkylation sites (tertiary alicyclic amines) is 1. The van der Waals surface area contributed by atoms with Gasteiger partial charge in [-0.15, -0.1) is 24.0 Å². The third-order valence-corrected chi connectivity index (χ3v) is 3.70. The van der Waals surface area contributed by atoms with Crippen molar-refractivity contribution in [2.24, 2.45) is 4.99 Å². The first kappa shape index (κ1) is 21.4. The maximum Gasteiger partial charge on any atom is 0.241 e. The van der Waals surface area contributed by atoms with Crippen LogP contribution in [-0.2, 0) is 4.79 Å². The summed E-state index contributed by atoms with van der Waals surface area (Å²) in [4.78, 5) is 18.3. The minimum Gasteiger partial charge on any atom is -0.357 e. The Morgan fingerprint density at radius 1 is 1.18 bits per heavy atom. The molecule has 0 aromatic heterocycles. The van der Waals surface area contributed by atoms with Gasteiger partial charge in [-0.05, 0) is 40.5 Å². The van der Waals surface area contributed by atoms with E-state index in [4.69, 9.17) is 0 Å². The lowest BCUT2D eigenvalue weighted by Crippen LogP contribution is -2.50. The number of hydrogen-bond donors (Lipinski definition) is 3. The normalized spacial score (nSPS) is 17.0. The SMILES string of the molecule is CCNC(=O)CN=C(NCC)NC1CCN(C(C)C)CC1.I. The lowest BCUT2D eigenvalue weighted by atomic mass is 10.0. The number of hydrogen-bond acceptors (Lipinski definition) is 3. The zero-order valence-electron chi connectivity index (χ0n) is 14.3. The third kappa shape index (κ3) is 8.17. The Bertz CT molecular complexity index is 341. The van der Waals surface area contributed by atoms with Crippen molar-refractivity contribution in [2.45, 2.75) is 52.6 Å². The third-order valence-electron chi connectivity index (χ3n) is 3.70. The summed E-state index contributed by atoms with van der Waals surface area (Å²) in [5.74, 6) is 0.705. The fourth-order valence-corrected chi connectivity index (χ4v) is 2.48. The van der Waals surface area contributed by atoms with Crippen LogP contribution < -0.4 is 16.0 Å². The molecule has 1 amide bonds. The van der Waals surface area contributed by atoms with Crippen LogP contribution >= 0.6 is 24.0 Å². The van der Waals surface area contributed by atoms with Crippen molar-refractivity contribution < 1.29 is 4.79 Å². The van der Waals surface area contributed by atoms with Crippen molar-refractivity contribution in [3.8, 4) is 0 Å². The molecule has 1 fully saturated rings. The average molecular weight is 425 g/mol. The molecule has 0 aliphatic carbocycles. The molecule has 1 rings (SSSR count). The number of nitrogens with one attached hydrogen (secondary N) is 3. The van der Waals surface area contributed by atoms with Crippen LogP contribution in [0.15, 0.2) is 4.99 Å². The number of carbonyl (C=O) groups excluding carboxylic acids is 1. The topological polar surface area (TPSA) is 68.8 Å². The molecule has 3 N–H and O–H groups in total. The molecule has 0 spiro atoms. The van der Waals surface area contributed by atoms with E-state index >= 15 is 0 Å². The smallest absolute Gasteiger partial charge is 0.241 e. The van der Waals surface area contributed by atoms with Crippen molar-refractivity contribution in [3.63, 3.8) is 0 Å². The maximum absolute atomic E-state index is 11.5. The number of guanidine groups is 1. The number of likely N-dealkylation sites (N-methyl/N-ethyl adjacent to an activating group) is 1. The predicted molar refractivity (Wildman–Crippen MR) is 103 cm³/mol. The van der Waals surface area contributed by atoms with Gasteiger partial charge in [-0.2, -0.15) is 0 Å². The van der Waals surface area contributed by atoms with Gasteiger partial charge in [0.25, 0.3) is 0 Å². The second-order valence-corrected chi connectivity index (χ2v) is 5.70. The number of halogens is 1. The van der Waals surface area contributed by atoms with E-state index in [-0.39, 0.29) is 36.4 Å². The van der Waals surface area contributed by atoms with Crippen LogP contribution in [0.25, 0.3) is 0 Å². The lowest BCUT2D eigenvalue weighted by molar-refractivity contribution is -0.119. The standard InChI is InChI=1S/C15H31N5O.HI/c1-5-16-14(21)11-18-15(17-6-2)19-13-7-9-20(10-8-13)12(3)4;/h12-13H,5-11H2,1-4H3,(H,16,21)(H2,17,18,19);1H. The maximum atomic E-state index is 11.5. The van der Waals surface area contributed by atoms with Gasteiger partial charge in [0.2, 0.25) is 5.91 Å². The van der Waals surface area contributed by atoms with Gasteiger partial charge < -0.3 is 20.9 Å². The molecule has 0 aromatic carbocycles. The summed E-state index contributed by atoms with van der Waals surface area (Å²) in [6, 6.07) is 1.05. The zero-order valence-corrected chi connectivity index (χ0v) is 16.6. The van der Waals surface area contributed by atoms with E-state index < -0.39 is 0 Å². The van der Waals surface area contributed by atoms with Gasteiger partial charge in [-0.25, -0.2) is 4.99 Å². The number of rotatable bonds is 6. The first-order valence-electron chi connectivity index (χ1n) is 8.12. The lowest BCUT2D eigenvalue weighted by Gasteiger charge is -2.35. The molecule has 130 valence electrons. The number of carbonyl (C=O) groups is 1. The van der Waals surface area contributed by atoms with Gasteiger partial charge in [0, 0.05) is 38.3 Å². The average Bonchev–Trinajstić information content (AvgIpc) is 2.46. The first-order valence-corrected chi connectivity index (χ1v) is 8.12. The molecular formula is C15H32IN5O. The van der Waals surface area contributed by atoms with E-state index in [1.165, 1.54) is 0 Å². The quantitative estimate of drug-likeness (QED) is 0.340. The van der Waals surface area contributed by atoms with Crippen LogP contribution in [0.4, 0.5) is 0 Å². The van der Waals surface area contributed by atoms with Crippen molar-refractivity contribution in [1.82, 2.24) is 20.9 Å². The molecule has 0 atom stereocenters. The minimum atomic E-state index is -0.0377. The van der Waals surface area contributed by atoms with E-state index in [2.05, 4.69) is 39.7 Å². The van der Waals surface area contributed by atoms with Gasteiger partial charge in [-0.3, -0.25) is 4.79 Å². The molecule has 22 heavy (non-hydrogen) atoms. The monoisotopic (exact) mass is 425 g/mol. The van der Waals surface area contributed by atoms with E-state index in [1.807, 2.05) is 13.8 Å². The summed E-state index contributed by atoms with van der Waals surface area (Å²) in [6.45, 7) is 12.3. The predicted octanol–water partition coefficient (Wildman–Crippen LogP) is 1.17. The summed E-state index contributed by atoms with van der Waals surface area (Å²) in [5, 5.41) is 9.41. The highest BCUT2D eigenvalue weighted by atomic mass is 127. The van der Waals surface area contributed by atoms with Crippen LogP contribution in [0.2, 0.25) is 0 Å². The Morgan fingerprint density at radius 2 is 1.77 bits per heavy atom. The summed E-state index contributed by atoms with van der Waals surface area (Å²) in [5.41, 5.74) is 0. The molecule has 1 aliphatic heterocycles. The molecule has 0 unspecified atom stereocenters. The Kier molecular flexibility index (Phi) is 11.6. The molecule has 6 nitrogen and oxygen atoms in total. The van der Waals surface area contributed by atoms with Crippen molar-refractivity contribution >= 4 is 35.8 Å². The van der Waals surface area contributed by atoms with Gasteiger partial charge in [0.1, 0.15) is 6.54 Å². The van der Waals surface area contributed by atoms with Gasteiger partial charge in [0.05, 0.1) is 0 Å². The number of nitrogens with zero attached hydrogens (tertiary/aromatic N) is 2. The summed E-state index contributed by atoms with van der Waals surface area (Å²) in [7, 11) is 0. The van der Waals surface area contributed by atoms with Gasteiger partial charge >= 0.3 is 0 Å². The molecule has 0 saturated carbocycles. The molecule has 0 radical (unpaired) electrons. The van der Waals surface area contributed by atoms with E-state index in [1.54, 1.807) is 0 Å². The second-order valence-electron chi connectivity index (χ2n) is 5.70. The highest BCUT2D eigenvalue weighted by Gasteiger charge is 2.21. The van der Waals surface area contributed by atoms with Crippen LogP contribution in [-0.4, -0.2) is 61.6 Å². The second kappa shape index (κ2) is 11.9. The highest BCUT2D eigenvalue weighted by molar-refractivity contribution is 14.0. The van der Waals surface area contributed by atoms with Crippen molar-refractivity contribution in [1.29, 1.82) is 0 Å². The summed E-state index contributed by atoms with van der Waals surface area (Å²) in [6.07, 6.45) is 2.23. The Labute approximate surface area is 151 Å². The summed E-state index contributed by atoms with van der Waals surface area (Å²) >= 11 is 0. The van der Waals surface area contributed by atoms with E-state index in [0.29, 0.717) is 18.6 Å². The molecule has 1 aliphatic rings.